The van der Waals surface area contributed by atoms with Crippen molar-refractivity contribution in [2.45, 2.75) is 59.8 Å². The van der Waals surface area contributed by atoms with Crippen LogP contribution in [0, 0.1) is 0 Å². The molecule has 44 heavy (non-hydrogen) atoms. The molecule has 14 nitrogen and oxygen atoms in total. The van der Waals surface area contributed by atoms with Gasteiger partial charge in [0.1, 0.15) is 40.9 Å². The summed E-state index contributed by atoms with van der Waals surface area (Å²) in [4.78, 5) is 17.3. The zero-order valence-corrected chi connectivity index (χ0v) is 26.3. The summed E-state index contributed by atoms with van der Waals surface area (Å²) in [6.45, 7) is 3.78. The topological polar surface area (TPSA) is 191 Å². The van der Waals surface area contributed by atoms with Gasteiger partial charge < -0.3 is 35.3 Å². The van der Waals surface area contributed by atoms with Crippen LogP contribution < -0.4 is 25.4 Å². The van der Waals surface area contributed by atoms with Gasteiger partial charge in [-0.15, -0.1) is 0 Å². The molecule has 4 N–H and O–H groups in total. The molecule has 242 valence electrons. The van der Waals surface area contributed by atoms with Gasteiger partial charge in [-0.1, -0.05) is 6.07 Å². The minimum absolute atomic E-state index is 0.0298. The molecule has 3 aliphatic heterocycles. The predicted octanol–water partition coefficient (Wildman–Crippen LogP) is -0.101. The highest BCUT2D eigenvalue weighted by atomic mass is 32.2. The van der Waals surface area contributed by atoms with Crippen molar-refractivity contribution in [3.8, 4) is 11.6 Å². The van der Waals surface area contributed by atoms with Crippen molar-refractivity contribution in [2.24, 2.45) is 5.73 Å². The number of benzene rings is 1. The lowest BCUT2D eigenvalue weighted by atomic mass is 9.88. The van der Waals surface area contributed by atoms with E-state index in [1.165, 1.54) is 28.7 Å². The van der Waals surface area contributed by atoms with E-state index in [0.717, 1.165) is 0 Å². The molecule has 16 heteroatoms. The molecule has 2 aromatic rings. The van der Waals surface area contributed by atoms with Crippen molar-refractivity contribution >= 4 is 31.5 Å². The molecular weight excluding hydrogens is 614 g/mol. The van der Waals surface area contributed by atoms with E-state index in [1.807, 2.05) is 18.9 Å². The number of piperidine rings is 1. The number of rotatable bonds is 11. The van der Waals surface area contributed by atoms with E-state index in [9.17, 15) is 26.7 Å². The van der Waals surface area contributed by atoms with Crippen molar-refractivity contribution in [1.82, 2.24) is 14.6 Å². The van der Waals surface area contributed by atoms with E-state index in [4.69, 9.17) is 19.9 Å². The van der Waals surface area contributed by atoms with Gasteiger partial charge in [-0.3, -0.25) is 4.79 Å². The zero-order chi connectivity index (χ0) is 31.7. The number of amides is 1. The number of carbonyl (C=O) groups is 1. The van der Waals surface area contributed by atoms with Gasteiger partial charge in [-0.25, -0.2) is 21.8 Å². The Balaban J connectivity index is 1.09. The van der Waals surface area contributed by atoms with E-state index in [0.29, 0.717) is 57.1 Å². The highest BCUT2D eigenvalue weighted by Gasteiger charge is 2.45. The molecule has 5 rings (SSSR count). The third-order valence-corrected chi connectivity index (χ3v) is 11.6. The number of likely N-dealkylation sites (N-methyl/N-ethyl adjacent to an activating group) is 1. The normalized spacial score (nSPS) is 22.8. The molecular formula is C28H39N5O9S2. The molecule has 0 bridgehead atoms. The number of carbonyl (C=O) groups excluding carboxylic acids is 1. The Bertz CT molecular complexity index is 1580. The minimum Gasteiger partial charge on any atom is -0.491 e. The SMILES string of the molecule is CC1CN(C)c2cc(S(=O)(=O)N3CCC4(CC3)CC(NCC(O)COc3cccc(S(=O)(=O)CC(N)=O)c3)CO4)cnc2O1. The average Bonchev–Trinajstić information content (AvgIpc) is 3.36. The quantitative estimate of drug-likeness (QED) is 0.292. The van der Waals surface area contributed by atoms with Crippen LogP contribution in [-0.2, 0) is 29.4 Å². The summed E-state index contributed by atoms with van der Waals surface area (Å²) >= 11 is 0. The van der Waals surface area contributed by atoms with Crippen LogP contribution in [0.4, 0.5) is 5.69 Å². The average molecular weight is 654 g/mol. The Kier molecular flexibility index (Phi) is 9.39. The number of aliphatic hydroxyl groups excluding tert-OH is 1. The number of fused-ring (bicyclic) bond motifs is 1. The summed E-state index contributed by atoms with van der Waals surface area (Å²) < 4.78 is 70.4. The van der Waals surface area contributed by atoms with Crippen LogP contribution in [0.1, 0.15) is 26.2 Å². The van der Waals surface area contributed by atoms with Gasteiger partial charge in [0.15, 0.2) is 9.84 Å². The molecule has 2 saturated heterocycles. The molecule has 4 heterocycles. The number of hydrogen-bond donors (Lipinski definition) is 3. The maximum absolute atomic E-state index is 13.4. The minimum atomic E-state index is -3.88. The molecule has 0 saturated carbocycles. The summed E-state index contributed by atoms with van der Waals surface area (Å²) in [6.07, 6.45) is 2.20. The van der Waals surface area contributed by atoms with Crippen molar-refractivity contribution in [3.63, 3.8) is 0 Å². The Labute approximate surface area is 257 Å². The van der Waals surface area contributed by atoms with Crippen LogP contribution in [0.5, 0.6) is 11.6 Å². The Hall–Kier alpha value is -3.02. The molecule has 1 amide bonds. The largest absolute Gasteiger partial charge is 0.491 e. The third kappa shape index (κ3) is 7.26. The zero-order valence-electron chi connectivity index (χ0n) is 24.7. The first kappa shape index (κ1) is 32.4. The Morgan fingerprint density at radius 2 is 1.98 bits per heavy atom. The Morgan fingerprint density at radius 3 is 2.70 bits per heavy atom. The number of aliphatic hydroxyl groups is 1. The summed E-state index contributed by atoms with van der Waals surface area (Å²) in [5.74, 6) is -1.09. The molecule has 0 aliphatic carbocycles. The first-order valence-corrected chi connectivity index (χ1v) is 17.5. The van der Waals surface area contributed by atoms with Crippen LogP contribution in [-0.4, -0.2) is 113 Å². The number of ether oxygens (including phenoxy) is 3. The lowest BCUT2D eigenvalue weighted by Crippen LogP contribution is -2.47. The van der Waals surface area contributed by atoms with E-state index >= 15 is 0 Å². The van der Waals surface area contributed by atoms with Gasteiger partial charge in [-0.2, -0.15) is 4.31 Å². The van der Waals surface area contributed by atoms with Crippen molar-refractivity contribution in [3.05, 3.63) is 36.5 Å². The molecule has 0 radical (unpaired) electrons. The molecule has 1 spiro atoms. The monoisotopic (exact) mass is 653 g/mol. The molecule has 3 atom stereocenters. The van der Waals surface area contributed by atoms with E-state index in [2.05, 4.69) is 10.3 Å². The van der Waals surface area contributed by atoms with Gasteiger partial charge in [0.05, 0.1) is 29.8 Å². The van der Waals surface area contributed by atoms with Gasteiger partial charge in [0, 0.05) is 32.7 Å². The number of pyridine rings is 1. The Morgan fingerprint density at radius 1 is 1.23 bits per heavy atom. The van der Waals surface area contributed by atoms with E-state index in [-0.39, 0.29) is 40.8 Å². The summed E-state index contributed by atoms with van der Waals surface area (Å²) in [6, 6.07) is 7.26. The lowest BCUT2D eigenvalue weighted by Gasteiger charge is -2.38. The number of nitrogens with one attached hydrogen (secondary N) is 1. The number of primary amides is 1. The van der Waals surface area contributed by atoms with Crippen LogP contribution >= 0.6 is 0 Å². The second-order valence-electron chi connectivity index (χ2n) is 11.7. The molecule has 3 aliphatic rings. The number of nitrogens with two attached hydrogens (primary N) is 1. The van der Waals surface area contributed by atoms with Gasteiger partial charge in [0.25, 0.3) is 0 Å². The second-order valence-corrected chi connectivity index (χ2v) is 15.6. The van der Waals surface area contributed by atoms with Crippen molar-refractivity contribution in [2.75, 3.05) is 57.1 Å². The molecule has 1 aromatic carbocycles. The fourth-order valence-electron chi connectivity index (χ4n) is 5.83. The first-order chi connectivity index (χ1) is 20.8. The number of anilines is 1. The number of aromatic nitrogens is 1. The number of sulfonamides is 1. The molecule has 1 aromatic heterocycles. The molecule has 2 fully saturated rings. The van der Waals surface area contributed by atoms with Crippen LogP contribution in [0.25, 0.3) is 0 Å². The fourth-order valence-corrected chi connectivity index (χ4v) is 8.36. The summed E-state index contributed by atoms with van der Waals surface area (Å²) in [7, 11) is -5.73. The number of hydrogen-bond acceptors (Lipinski definition) is 12. The van der Waals surface area contributed by atoms with E-state index in [1.54, 1.807) is 12.1 Å². The van der Waals surface area contributed by atoms with Gasteiger partial charge >= 0.3 is 0 Å². The second kappa shape index (κ2) is 12.8. The van der Waals surface area contributed by atoms with Crippen molar-refractivity contribution in [1.29, 1.82) is 0 Å². The van der Waals surface area contributed by atoms with Crippen LogP contribution in [0.3, 0.4) is 0 Å². The standard InChI is InChI=1S/C28H39N5O9S2/c1-19-15-32(2)25-11-24(14-31-27(25)42-19)44(38,39)33-8-6-28(7-9-33)12-20(16-41-28)30-13-21(34)17-40-22-4-3-5-23(10-22)43(36,37)18-26(29)35/h3-5,10-11,14,19-21,30,34H,6-9,12-13,15-18H2,1-2H3,(H2,29,35). The molecule has 3 unspecified atom stereocenters. The summed E-state index contributed by atoms with van der Waals surface area (Å²) in [5, 5.41) is 13.8. The smallest absolute Gasteiger partial charge is 0.244 e. The highest BCUT2D eigenvalue weighted by molar-refractivity contribution is 7.92. The highest BCUT2D eigenvalue weighted by Crippen LogP contribution is 2.38. The number of sulfone groups is 1. The summed E-state index contributed by atoms with van der Waals surface area (Å²) in [5.41, 5.74) is 5.23. The third-order valence-electron chi connectivity index (χ3n) is 8.12. The van der Waals surface area contributed by atoms with Gasteiger partial charge in [0.2, 0.25) is 21.8 Å². The number of nitrogens with zero attached hydrogens (tertiary/aromatic N) is 3. The van der Waals surface area contributed by atoms with Gasteiger partial charge in [-0.05, 0) is 50.5 Å². The van der Waals surface area contributed by atoms with Crippen molar-refractivity contribution < 1.29 is 40.9 Å². The lowest BCUT2D eigenvalue weighted by molar-refractivity contribution is -0.115. The van der Waals surface area contributed by atoms with E-state index < -0.39 is 43.2 Å². The fraction of sp³-hybridized carbons (Fsp3) is 0.571. The first-order valence-electron chi connectivity index (χ1n) is 14.4. The maximum atomic E-state index is 13.4. The van der Waals surface area contributed by atoms with Crippen LogP contribution in [0.2, 0.25) is 0 Å². The predicted molar refractivity (Wildman–Crippen MR) is 160 cm³/mol. The van der Waals surface area contributed by atoms with Crippen LogP contribution in [0.15, 0.2) is 46.3 Å². The maximum Gasteiger partial charge on any atom is 0.244 e.